The van der Waals surface area contributed by atoms with E-state index >= 15 is 0 Å². The van der Waals surface area contributed by atoms with Crippen molar-refractivity contribution in [1.82, 2.24) is 4.90 Å². The number of ether oxygens (including phenoxy) is 2. The molecule has 1 aliphatic rings. The van der Waals surface area contributed by atoms with E-state index in [9.17, 15) is 24.5 Å². The lowest BCUT2D eigenvalue weighted by Crippen LogP contribution is -2.27. The van der Waals surface area contributed by atoms with E-state index in [1.54, 1.807) is 6.92 Å². The maximum atomic E-state index is 12.8. The number of hydrogen-bond acceptors (Lipinski definition) is 8. The van der Waals surface area contributed by atoms with Crippen LogP contribution in [0.5, 0.6) is 11.5 Å². The zero-order valence-corrected chi connectivity index (χ0v) is 20.0. The Morgan fingerprint density at radius 3 is 2.50 bits per heavy atom. The van der Waals surface area contributed by atoms with Gasteiger partial charge in [-0.3, -0.25) is 29.4 Å². The predicted octanol–water partition coefficient (Wildman–Crippen LogP) is 4.76. The Balaban J connectivity index is 1.98. The molecule has 1 heterocycles. The van der Waals surface area contributed by atoms with Gasteiger partial charge in [-0.2, -0.15) is 0 Å². The molecule has 0 aromatic heterocycles. The van der Waals surface area contributed by atoms with Gasteiger partial charge in [0.25, 0.3) is 11.1 Å². The maximum absolute atomic E-state index is 12.8. The van der Waals surface area contributed by atoms with Gasteiger partial charge in [0.15, 0.2) is 5.75 Å². The number of esters is 1. The quantitative estimate of drug-likeness (QED) is 0.117. The first kappa shape index (κ1) is 23.7. The summed E-state index contributed by atoms with van der Waals surface area (Å²) in [6.45, 7) is 2.98. The molecular weight excluding hydrogens is 551 g/mol. The highest BCUT2D eigenvalue weighted by atomic mass is 127. The molecule has 3 rings (SSSR count). The Kier molecular flexibility index (Phi) is 7.51. The monoisotopic (exact) mass is 568 g/mol. The van der Waals surface area contributed by atoms with Crippen molar-refractivity contribution in [3.8, 4) is 11.5 Å². The van der Waals surface area contributed by atoms with Gasteiger partial charge in [0.2, 0.25) is 5.75 Å². The Morgan fingerprint density at radius 1 is 1.22 bits per heavy atom. The molecule has 0 radical (unpaired) electrons. The minimum absolute atomic E-state index is 0.0475. The maximum Gasteiger partial charge on any atom is 0.322 e. The van der Waals surface area contributed by atoms with Crippen molar-refractivity contribution in [3.05, 3.63) is 66.1 Å². The van der Waals surface area contributed by atoms with E-state index in [2.05, 4.69) is 22.6 Å². The molecule has 2 amide bonds. The van der Waals surface area contributed by atoms with Crippen molar-refractivity contribution >= 4 is 63.2 Å². The van der Waals surface area contributed by atoms with Crippen LogP contribution in [0.1, 0.15) is 25.0 Å². The number of nitro groups is 1. The smallest absolute Gasteiger partial charge is 0.322 e. The van der Waals surface area contributed by atoms with E-state index in [4.69, 9.17) is 9.47 Å². The molecular formula is C21H17IN2O7S. The summed E-state index contributed by atoms with van der Waals surface area (Å²) < 4.78 is 11.4. The number of halogens is 1. The largest absolute Gasteiger partial charge is 0.485 e. The van der Waals surface area contributed by atoms with Gasteiger partial charge in [0.05, 0.1) is 28.5 Å². The third kappa shape index (κ3) is 5.27. The number of benzene rings is 2. The van der Waals surface area contributed by atoms with Gasteiger partial charge in [-0.05, 0) is 77.2 Å². The van der Waals surface area contributed by atoms with Crippen LogP contribution >= 0.6 is 34.4 Å². The van der Waals surface area contributed by atoms with Gasteiger partial charge in [-0.15, -0.1) is 0 Å². The summed E-state index contributed by atoms with van der Waals surface area (Å²) in [4.78, 5) is 48.9. The molecule has 11 heteroatoms. The summed E-state index contributed by atoms with van der Waals surface area (Å²) >= 11 is 2.86. The fraction of sp³-hybridized carbons (Fsp3) is 0.190. The van der Waals surface area contributed by atoms with Gasteiger partial charge >= 0.3 is 11.7 Å². The number of carbonyl (C=O) groups excluding carboxylic acids is 3. The van der Waals surface area contributed by atoms with Crippen LogP contribution in [0.25, 0.3) is 6.08 Å². The molecule has 2 aromatic rings. The molecule has 32 heavy (non-hydrogen) atoms. The highest BCUT2D eigenvalue weighted by Crippen LogP contribution is 2.42. The summed E-state index contributed by atoms with van der Waals surface area (Å²) in [5.74, 6) is -1.53. The van der Waals surface area contributed by atoms with E-state index in [1.165, 1.54) is 25.1 Å². The molecule has 0 saturated carbocycles. The number of thioether (sulfide) groups is 1. The van der Waals surface area contributed by atoms with E-state index in [-0.39, 0.29) is 35.1 Å². The minimum Gasteiger partial charge on any atom is -0.485 e. The molecule has 0 bridgehead atoms. The van der Waals surface area contributed by atoms with Gasteiger partial charge in [-0.25, -0.2) is 0 Å². The molecule has 2 aromatic carbocycles. The Bertz CT molecular complexity index is 1130. The number of nitro benzene ring substituents is 1. The molecule has 0 N–H and O–H groups in total. The average molecular weight is 568 g/mol. The normalized spacial score (nSPS) is 14.7. The lowest BCUT2D eigenvalue weighted by molar-refractivity contribution is -0.386. The number of nitrogens with zero attached hydrogens (tertiary/aromatic N) is 2. The second-order valence-corrected chi connectivity index (χ2v) is 8.75. The summed E-state index contributed by atoms with van der Waals surface area (Å²) in [7, 11) is 0. The number of carbonyl (C=O) groups is 3. The third-order valence-electron chi connectivity index (χ3n) is 4.27. The number of hydrogen-bond donors (Lipinski definition) is 0. The van der Waals surface area contributed by atoms with Crippen molar-refractivity contribution in [2.24, 2.45) is 0 Å². The Labute approximate surface area is 201 Å². The molecule has 0 unspecified atom stereocenters. The summed E-state index contributed by atoms with van der Waals surface area (Å²) in [5.41, 5.74) is 0.369. The first-order chi connectivity index (χ1) is 15.2. The van der Waals surface area contributed by atoms with Crippen LogP contribution in [0.15, 0.2) is 41.3 Å². The van der Waals surface area contributed by atoms with Gasteiger partial charge < -0.3 is 9.47 Å². The van der Waals surface area contributed by atoms with Crippen LogP contribution in [-0.2, 0) is 16.1 Å². The lowest BCUT2D eigenvalue weighted by atomic mass is 10.1. The van der Waals surface area contributed by atoms with E-state index in [1.807, 2.05) is 24.3 Å². The summed E-state index contributed by atoms with van der Waals surface area (Å²) in [5, 5.41) is 11.3. The molecule has 166 valence electrons. The Morgan fingerprint density at radius 2 is 1.91 bits per heavy atom. The lowest BCUT2D eigenvalue weighted by Gasteiger charge is -2.13. The molecule has 0 aliphatic carbocycles. The highest BCUT2D eigenvalue weighted by Gasteiger charge is 2.36. The fourth-order valence-electron chi connectivity index (χ4n) is 2.94. The second kappa shape index (κ2) is 10.1. The van der Waals surface area contributed by atoms with Crippen LogP contribution in [0.2, 0.25) is 0 Å². The standard InChI is InChI=1S/C21H17IN2O7S/c1-3-30-19-16(31-12(2)25)9-6-14(18(19)24(28)29)10-17-20(26)23(21(27)32-17)11-13-4-7-15(22)8-5-13/h4-10H,3,11H2,1-2H3/b17-10-. The van der Waals surface area contributed by atoms with Crippen LogP contribution in [0.4, 0.5) is 10.5 Å². The van der Waals surface area contributed by atoms with Gasteiger partial charge in [0.1, 0.15) is 0 Å². The average Bonchev–Trinajstić information content (AvgIpc) is 2.98. The fourth-order valence-corrected chi connectivity index (χ4v) is 4.13. The molecule has 1 saturated heterocycles. The van der Waals surface area contributed by atoms with E-state index in [0.29, 0.717) is 11.8 Å². The zero-order chi connectivity index (χ0) is 23.4. The number of amides is 2. The topological polar surface area (TPSA) is 116 Å². The number of imide groups is 1. The van der Waals surface area contributed by atoms with E-state index < -0.39 is 27.7 Å². The van der Waals surface area contributed by atoms with Crippen molar-refractivity contribution in [2.45, 2.75) is 20.4 Å². The summed E-state index contributed by atoms with van der Waals surface area (Å²) in [6, 6.07) is 10.1. The third-order valence-corrected chi connectivity index (χ3v) is 5.89. The minimum atomic E-state index is -0.681. The van der Waals surface area contributed by atoms with Gasteiger partial charge in [0, 0.05) is 10.5 Å². The molecule has 1 fully saturated rings. The summed E-state index contributed by atoms with van der Waals surface area (Å²) in [6.07, 6.45) is 1.27. The predicted molar refractivity (Wildman–Crippen MR) is 126 cm³/mol. The van der Waals surface area contributed by atoms with Crippen molar-refractivity contribution in [3.63, 3.8) is 0 Å². The molecule has 0 atom stereocenters. The first-order valence-electron chi connectivity index (χ1n) is 9.33. The molecule has 1 aliphatic heterocycles. The molecule has 9 nitrogen and oxygen atoms in total. The van der Waals surface area contributed by atoms with Crippen molar-refractivity contribution in [1.29, 1.82) is 0 Å². The number of rotatable bonds is 7. The SMILES string of the molecule is CCOc1c(OC(C)=O)ccc(/C=C2\SC(=O)N(Cc3ccc(I)cc3)C2=O)c1[N+](=O)[O-]. The van der Waals surface area contributed by atoms with E-state index in [0.717, 1.165) is 14.0 Å². The first-order valence-corrected chi connectivity index (χ1v) is 11.2. The molecule has 0 spiro atoms. The van der Waals surface area contributed by atoms with Gasteiger partial charge in [-0.1, -0.05) is 12.1 Å². The van der Waals surface area contributed by atoms with Crippen molar-refractivity contribution in [2.75, 3.05) is 6.61 Å². The van der Waals surface area contributed by atoms with Crippen LogP contribution in [0, 0.1) is 13.7 Å². The Hall–Kier alpha value is -2.93. The second-order valence-electron chi connectivity index (χ2n) is 6.51. The highest BCUT2D eigenvalue weighted by molar-refractivity contribution is 14.1. The van der Waals surface area contributed by atoms with Crippen LogP contribution in [0.3, 0.4) is 0 Å². The van der Waals surface area contributed by atoms with Crippen LogP contribution in [-0.4, -0.2) is 33.5 Å². The van der Waals surface area contributed by atoms with Crippen molar-refractivity contribution < 1.29 is 28.8 Å². The zero-order valence-electron chi connectivity index (χ0n) is 17.0. The van der Waals surface area contributed by atoms with Crippen LogP contribution < -0.4 is 9.47 Å².